The van der Waals surface area contributed by atoms with Gasteiger partial charge >= 0.3 is 0 Å². The molecule has 2 rings (SSSR count). The van der Waals surface area contributed by atoms with Crippen LogP contribution in [0.2, 0.25) is 0 Å². The number of hydrogen-bond donors (Lipinski definition) is 3. The fourth-order valence-electron chi connectivity index (χ4n) is 2.27. The maximum Gasteiger partial charge on any atom is 0.221 e. The number of guanidine groups is 1. The van der Waals surface area contributed by atoms with Gasteiger partial charge in [0.1, 0.15) is 18.1 Å². The van der Waals surface area contributed by atoms with E-state index in [-0.39, 0.29) is 12.0 Å². The molecule has 0 saturated heterocycles. The van der Waals surface area contributed by atoms with E-state index < -0.39 is 0 Å². The summed E-state index contributed by atoms with van der Waals surface area (Å²) in [7, 11) is 0. The summed E-state index contributed by atoms with van der Waals surface area (Å²) >= 11 is 0. The number of ether oxygens (including phenoxy) is 2. The molecule has 0 aromatic heterocycles. The maximum atomic E-state index is 11.1. The molecule has 0 aliphatic rings. The second kappa shape index (κ2) is 10.1. The van der Waals surface area contributed by atoms with Gasteiger partial charge in [-0.1, -0.05) is 6.07 Å². The number of nitrogens with two attached hydrogens (primary N) is 1. The summed E-state index contributed by atoms with van der Waals surface area (Å²) in [5, 5.41) is 5.73. The molecule has 2 aromatic carbocycles. The van der Waals surface area contributed by atoms with Crippen LogP contribution in [0.15, 0.2) is 53.5 Å². The van der Waals surface area contributed by atoms with Gasteiger partial charge in [0.2, 0.25) is 5.91 Å². The quantitative estimate of drug-likeness (QED) is 0.376. The highest BCUT2D eigenvalue weighted by atomic mass is 16.5. The number of nitrogens with one attached hydrogen (secondary N) is 2. The number of carbonyl (C=O) groups excluding carboxylic acids is 1. The van der Waals surface area contributed by atoms with E-state index >= 15 is 0 Å². The van der Waals surface area contributed by atoms with E-state index in [4.69, 9.17) is 15.2 Å². The zero-order valence-electron chi connectivity index (χ0n) is 15.9. The van der Waals surface area contributed by atoms with Crippen LogP contribution in [0.25, 0.3) is 0 Å². The number of benzene rings is 2. The molecule has 0 heterocycles. The number of amides is 1. The zero-order chi connectivity index (χ0) is 19.6. The molecule has 144 valence electrons. The minimum absolute atomic E-state index is 0.126. The first-order chi connectivity index (χ1) is 12.9. The molecule has 7 nitrogen and oxygen atoms in total. The largest absolute Gasteiger partial charge is 0.492 e. The summed E-state index contributed by atoms with van der Waals surface area (Å²) < 4.78 is 11.2. The molecule has 0 saturated carbocycles. The second-order valence-electron chi connectivity index (χ2n) is 6.14. The maximum absolute atomic E-state index is 11.1. The minimum atomic E-state index is -0.126. The molecule has 2 aromatic rings. The van der Waals surface area contributed by atoms with Crippen LogP contribution in [-0.2, 0) is 4.79 Å². The molecule has 27 heavy (non-hydrogen) atoms. The molecule has 1 amide bonds. The molecule has 0 bridgehead atoms. The van der Waals surface area contributed by atoms with Crippen LogP contribution in [0.4, 0.5) is 11.4 Å². The Kier molecular flexibility index (Phi) is 7.49. The summed E-state index contributed by atoms with van der Waals surface area (Å²) in [4.78, 5) is 15.3. The van der Waals surface area contributed by atoms with Crippen LogP contribution >= 0.6 is 0 Å². The highest BCUT2D eigenvalue weighted by Gasteiger charge is 2.00. The van der Waals surface area contributed by atoms with Crippen molar-refractivity contribution in [3.05, 3.63) is 48.5 Å². The highest BCUT2D eigenvalue weighted by molar-refractivity contribution is 5.92. The van der Waals surface area contributed by atoms with E-state index in [2.05, 4.69) is 15.6 Å². The Balaban J connectivity index is 1.78. The summed E-state index contributed by atoms with van der Waals surface area (Å²) in [6, 6.07) is 14.7. The molecular formula is C20H26N4O3. The lowest BCUT2D eigenvalue weighted by Gasteiger charge is -2.11. The molecule has 0 atom stereocenters. The second-order valence-corrected chi connectivity index (χ2v) is 6.14. The monoisotopic (exact) mass is 370 g/mol. The molecule has 7 heteroatoms. The fourth-order valence-corrected chi connectivity index (χ4v) is 2.27. The number of aliphatic imine (C=N–C) groups is 1. The van der Waals surface area contributed by atoms with Crippen molar-refractivity contribution in [2.75, 3.05) is 23.8 Å². The van der Waals surface area contributed by atoms with Gasteiger partial charge in [0.25, 0.3) is 0 Å². The van der Waals surface area contributed by atoms with Crippen molar-refractivity contribution in [1.29, 1.82) is 0 Å². The Morgan fingerprint density at radius 3 is 2.48 bits per heavy atom. The minimum Gasteiger partial charge on any atom is -0.492 e. The molecule has 0 spiro atoms. The van der Waals surface area contributed by atoms with E-state index in [1.165, 1.54) is 6.92 Å². The van der Waals surface area contributed by atoms with Crippen LogP contribution in [0.3, 0.4) is 0 Å². The van der Waals surface area contributed by atoms with Gasteiger partial charge in [-0.15, -0.1) is 0 Å². The lowest BCUT2D eigenvalue weighted by molar-refractivity contribution is -0.114. The number of carbonyl (C=O) groups is 1. The summed E-state index contributed by atoms with van der Waals surface area (Å²) in [5.41, 5.74) is 7.41. The fraction of sp³-hybridized carbons (Fsp3) is 0.300. The molecule has 4 N–H and O–H groups in total. The van der Waals surface area contributed by atoms with Gasteiger partial charge in [-0.2, -0.15) is 0 Å². The van der Waals surface area contributed by atoms with Crippen molar-refractivity contribution >= 4 is 23.2 Å². The normalized spacial score (nSPS) is 11.2. The Labute approximate surface area is 159 Å². The molecule has 0 fully saturated rings. The lowest BCUT2D eigenvalue weighted by Crippen LogP contribution is -2.23. The van der Waals surface area contributed by atoms with E-state index in [9.17, 15) is 4.79 Å². The van der Waals surface area contributed by atoms with Gasteiger partial charge in [-0.25, -0.2) is 4.99 Å². The van der Waals surface area contributed by atoms with Crippen LogP contribution in [0.1, 0.15) is 20.8 Å². The SMILES string of the molecule is CC(=O)Nc1cccc(OCCN=C(N)Nc2ccc(OC(C)C)cc2)c1. The third-order valence-corrected chi connectivity index (χ3v) is 3.30. The van der Waals surface area contributed by atoms with E-state index in [1.54, 1.807) is 12.1 Å². The number of anilines is 2. The van der Waals surface area contributed by atoms with Crippen LogP contribution in [0.5, 0.6) is 11.5 Å². The first kappa shape index (κ1) is 20.1. The molecule has 0 radical (unpaired) electrons. The molecule has 0 aliphatic carbocycles. The zero-order valence-corrected chi connectivity index (χ0v) is 15.9. The van der Waals surface area contributed by atoms with Crippen LogP contribution in [-0.4, -0.2) is 31.1 Å². The van der Waals surface area contributed by atoms with E-state index in [1.807, 2.05) is 50.2 Å². The lowest BCUT2D eigenvalue weighted by atomic mass is 10.3. The Morgan fingerprint density at radius 2 is 1.81 bits per heavy atom. The number of nitrogens with zero attached hydrogens (tertiary/aromatic N) is 1. The molecule has 0 aliphatic heterocycles. The van der Waals surface area contributed by atoms with Crippen molar-refractivity contribution in [2.45, 2.75) is 26.9 Å². The summed E-state index contributed by atoms with van der Waals surface area (Å²) in [6.45, 7) is 6.19. The van der Waals surface area contributed by atoms with Crippen molar-refractivity contribution in [3.8, 4) is 11.5 Å². The van der Waals surface area contributed by atoms with E-state index in [0.717, 1.165) is 11.4 Å². The van der Waals surface area contributed by atoms with Gasteiger partial charge in [0, 0.05) is 24.4 Å². The smallest absolute Gasteiger partial charge is 0.221 e. The Hall–Kier alpha value is -3.22. The van der Waals surface area contributed by atoms with Gasteiger partial charge in [0.15, 0.2) is 5.96 Å². The van der Waals surface area contributed by atoms with Crippen LogP contribution in [0, 0.1) is 0 Å². The van der Waals surface area contributed by atoms with Crippen LogP contribution < -0.4 is 25.8 Å². The van der Waals surface area contributed by atoms with Gasteiger partial charge < -0.3 is 25.8 Å². The van der Waals surface area contributed by atoms with Gasteiger partial charge in [0.05, 0.1) is 12.6 Å². The highest BCUT2D eigenvalue weighted by Crippen LogP contribution is 2.18. The summed E-state index contributed by atoms with van der Waals surface area (Å²) in [5.74, 6) is 1.65. The standard InChI is InChI=1S/C20H26N4O3/c1-14(2)27-18-9-7-16(8-10-18)24-20(21)22-11-12-26-19-6-4-5-17(13-19)23-15(3)25/h4-10,13-14H,11-12H2,1-3H3,(H,23,25)(H3,21,22,24). The number of hydrogen-bond acceptors (Lipinski definition) is 4. The average molecular weight is 370 g/mol. The first-order valence-corrected chi connectivity index (χ1v) is 8.76. The predicted octanol–water partition coefficient (Wildman–Crippen LogP) is 3.24. The average Bonchev–Trinajstić information content (AvgIpc) is 2.60. The van der Waals surface area contributed by atoms with Crippen molar-refractivity contribution in [2.24, 2.45) is 10.7 Å². The molecule has 0 unspecified atom stereocenters. The summed E-state index contributed by atoms with van der Waals surface area (Å²) in [6.07, 6.45) is 0.134. The topological polar surface area (TPSA) is 98.0 Å². The van der Waals surface area contributed by atoms with Gasteiger partial charge in [-0.05, 0) is 50.2 Å². The third kappa shape index (κ3) is 7.68. The predicted molar refractivity (Wildman–Crippen MR) is 109 cm³/mol. The van der Waals surface area contributed by atoms with Crippen molar-refractivity contribution in [3.63, 3.8) is 0 Å². The van der Waals surface area contributed by atoms with Crippen molar-refractivity contribution < 1.29 is 14.3 Å². The Morgan fingerprint density at radius 1 is 1.07 bits per heavy atom. The number of rotatable bonds is 8. The first-order valence-electron chi connectivity index (χ1n) is 8.76. The Bertz CT molecular complexity index is 773. The van der Waals surface area contributed by atoms with Gasteiger partial charge in [-0.3, -0.25) is 4.79 Å². The van der Waals surface area contributed by atoms with E-state index in [0.29, 0.717) is 30.5 Å². The molecular weight excluding hydrogens is 344 g/mol. The third-order valence-electron chi connectivity index (χ3n) is 3.30. The van der Waals surface area contributed by atoms with Crippen molar-refractivity contribution in [1.82, 2.24) is 0 Å².